The summed E-state index contributed by atoms with van der Waals surface area (Å²) in [6.45, 7) is -0.0426. The number of fused-ring (bicyclic) bond motifs is 2. The van der Waals surface area contributed by atoms with Crippen LogP contribution >= 0.6 is 0 Å². The lowest BCUT2D eigenvalue weighted by Crippen LogP contribution is -2.27. The number of nitrogens with zero attached hydrogens (tertiary/aromatic N) is 1. The molecule has 10 heteroatoms. The number of anilines is 1. The van der Waals surface area contributed by atoms with E-state index in [9.17, 15) is 32.2 Å². The Labute approximate surface area is 191 Å². The van der Waals surface area contributed by atoms with Gasteiger partial charge in [0.1, 0.15) is 28.7 Å². The van der Waals surface area contributed by atoms with Gasteiger partial charge in [-0.25, -0.2) is 17.2 Å². The highest BCUT2D eigenvalue weighted by Crippen LogP contribution is 2.38. The molecule has 0 amide bonds. The molecule has 2 heterocycles. The van der Waals surface area contributed by atoms with Gasteiger partial charge in [-0.05, 0) is 48.0 Å². The van der Waals surface area contributed by atoms with Gasteiger partial charge in [-0.15, -0.1) is 0 Å². The molecule has 1 aliphatic heterocycles. The van der Waals surface area contributed by atoms with Crippen LogP contribution in [0, 0.1) is 11.6 Å². The van der Waals surface area contributed by atoms with Gasteiger partial charge >= 0.3 is 0 Å². The number of phenols is 1. The van der Waals surface area contributed by atoms with Gasteiger partial charge < -0.3 is 20.1 Å². The minimum Gasteiger partial charge on any atom is -0.508 e. The van der Waals surface area contributed by atoms with Gasteiger partial charge in [0, 0.05) is 11.5 Å². The number of phenolic OH excluding ortho intramolecular Hbond substituents is 1. The molecule has 0 saturated carbocycles. The maximum absolute atomic E-state index is 14.1. The van der Waals surface area contributed by atoms with Gasteiger partial charge in [-0.2, -0.15) is 0 Å². The van der Waals surface area contributed by atoms with E-state index in [-0.39, 0.29) is 45.0 Å². The van der Waals surface area contributed by atoms with Crippen molar-refractivity contribution in [1.82, 2.24) is 4.57 Å². The van der Waals surface area contributed by atoms with Gasteiger partial charge in [0.2, 0.25) is 9.84 Å². The fourth-order valence-corrected chi connectivity index (χ4v) is 5.27. The lowest BCUT2D eigenvalue weighted by Gasteiger charge is -2.22. The van der Waals surface area contributed by atoms with Crippen molar-refractivity contribution >= 4 is 32.1 Å². The van der Waals surface area contributed by atoms with E-state index in [1.165, 1.54) is 47.0 Å². The Kier molecular flexibility index (Phi) is 4.90. The van der Waals surface area contributed by atoms with Crippen LogP contribution in [0.5, 0.6) is 11.5 Å². The summed E-state index contributed by atoms with van der Waals surface area (Å²) in [7, 11) is -4.09. The van der Waals surface area contributed by atoms with E-state index in [0.29, 0.717) is 5.56 Å². The predicted octanol–water partition coefficient (Wildman–Crippen LogP) is 3.94. The van der Waals surface area contributed by atoms with Gasteiger partial charge in [-0.1, -0.05) is 12.1 Å². The third-order valence-corrected chi connectivity index (χ3v) is 7.03. The molecule has 3 aromatic carbocycles. The number of halogens is 2. The molecule has 172 valence electrons. The fraction of sp³-hybridized carbons (Fsp3) is 0.0417. The number of aromatic nitrogens is 1. The molecule has 0 fully saturated rings. The summed E-state index contributed by atoms with van der Waals surface area (Å²) >= 11 is 0. The second-order valence-electron chi connectivity index (χ2n) is 7.78. The first-order chi connectivity index (χ1) is 16.1. The Morgan fingerprint density at radius 2 is 1.62 bits per heavy atom. The van der Waals surface area contributed by atoms with Gasteiger partial charge in [0.25, 0.3) is 5.56 Å². The SMILES string of the molecule is O=c1c(C2=CS(=O)(=O)c3cc(O)ccc3N2)c(O)c2cc(F)ccc2n1Cc1ccc(F)cc1. The monoisotopic (exact) mass is 482 g/mol. The summed E-state index contributed by atoms with van der Waals surface area (Å²) < 4.78 is 54.3. The van der Waals surface area contributed by atoms with Gasteiger partial charge in [0.05, 0.1) is 33.7 Å². The molecule has 7 nitrogen and oxygen atoms in total. The van der Waals surface area contributed by atoms with Crippen molar-refractivity contribution in [3.63, 3.8) is 0 Å². The lowest BCUT2D eigenvalue weighted by atomic mass is 10.1. The Bertz CT molecular complexity index is 1680. The molecule has 0 atom stereocenters. The molecule has 4 aromatic rings. The molecular weight excluding hydrogens is 466 g/mol. The van der Waals surface area contributed by atoms with Crippen molar-refractivity contribution in [2.24, 2.45) is 0 Å². The van der Waals surface area contributed by atoms with Crippen LogP contribution in [-0.2, 0) is 16.4 Å². The highest BCUT2D eigenvalue weighted by atomic mass is 32.2. The normalized spacial score (nSPS) is 14.4. The largest absolute Gasteiger partial charge is 0.508 e. The van der Waals surface area contributed by atoms with Crippen molar-refractivity contribution in [3.8, 4) is 11.5 Å². The van der Waals surface area contributed by atoms with Gasteiger partial charge in [-0.3, -0.25) is 4.79 Å². The first-order valence-corrected chi connectivity index (χ1v) is 11.6. The molecule has 0 bridgehead atoms. The number of pyridine rings is 1. The smallest absolute Gasteiger partial charge is 0.264 e. The average Bonchev–Trinajstić information content (AvgIpc) is 2.78. The first-order valence-electron chi connectivity index (χ1n) is 10.0. The summed E-state index contributed by atoms with van der Waals surface area (Å²) in [5.74, 6) is -1.97. The number of nitrogens with one attached hydrogen (secondary N) is 1. The molecule has 5 rings (SSSR count). The summed E-state index contributed by atoms with van der Waals surface area (Å²) in [4.78, 5) is 13.4. The standard InChI is InChI=1S/C24H16F2N2O5S/c25-14-3-1-13(2-4-14)11-28-20-8-5-15(26)9-17(20)23(30)22(24(28)31)19-12-34(32,33)21-10-16(29)6-7-18(21)27-19/h1-10,12,27,29-30H,11H2. The van der Waals surface area contributed by atoms with Crippen LogP contribution in [0.1, 0.15) is 11.1 Å². The number of aromatic hydroxyl groups is 2. The molecular formula is C24H16F2N2O5S. The van der Waals surface area contributed by atoms with Crippen LogP contribution in [0.2, 0.25) is 0 Å². The molecule has 34 heavy (non-hydrogen) atoms. The number of hydrogen-bond donors (Lipinski definition) is 3. The second kappa shape index (κ2) is 7.70. The van der Waals surface area contributed by atoms with Crippen molar-refractivity contribution in [3.05, 3.63) is 99.2 Å². The van der Waals surface area contributed by atoms with Crippen molar-refractivity contribution in [2.75, 3.05) is 5.32 Å². The van der Waals surface area contributed by atoms with Crippen molar-refractivity contribution < 1.29 is 27.4 Å². The maximum atomic E-state index is 14.1. The third kappa shape index (κ3) is 3.57. The summed E-state index contributed by atoms with van der Waals surface area (Å²) in [6.07, 6.45) is 0. The zero-order chi connectivity index (χ0) is 24.2. The molecule has 0 unspecified atom stereocenters. The summed E-state index contributed by atoms with van der Waals surface area (Å²) in [5, 5.41) is 24.2. The summed E-state index contributed by atoms with van der Waals surface area (Å²) in [6, 6.07) is 12.6. The number of benzene rings is 3. The third-order valence-electron chi connectivity index (χ3n) is 5.54. The van der Waals surface area contributed by atoms with Crippen LogP contribution in [0.25, 0.3) is 16.6 Å². The van der Waals surface area contributed by atoms with E-state index in [1.807, 2.05) is 0 Å². The average molecular weight is 482 g/mol. The molecule has 0 radical (unpaired) electrons. The molecule has 1 aromatic heterocycles. The first kappa shape index (κ1) is 21.7. The molecule has 3 N–H and O–H groups in total. The van der Waals surface area contributed by atoms with E-state index in [0.717, 1.165) is 23.6 Å². The molecule has 0 spiro atoms. The maximum Gasteiger partial charge on any atom is 0.264 e. The lowest BCUT2D eigenvalue weighted by molar-refractivity contribution is 0.473. The highest BCUT2D eigenvalue weighted by molar-refractivity contribution is 7.94. The zero-order valence-corrected chi connectivity index (χ0v) is 18.1. The van der Waals surface area contributed by atoms with Crippen LogP contribution in [0.3, 0.4) is 0 Å². The van der Waals surface area contributed by atoms with E-state index in [4.69, 9.17) is 0 Å². The van der Waals surface area contributed by atoms with Crippen LogP contribution in [0.4, 0.5) is 14.5 Å². The van der Waals surface area contributed by atoms with E-state index in [2.05, 4.69) is 5.32 Å². The fourth-order valence-electron chi connectivity index (χ4n) is 3.95. The topological polar surface area (TPSA) is 109 Å². The number of hydrogen-bond acceptors (Lipinski definition) is 6. The zero-order valence-electron chi connectivity index (χ0n) is 17.3. The van der Waals surface area contributed by atoms with E-state index in [1.54, 1.807) is 0 Å². The van der Waals surface area contributed by atoms with Crippen LogP contribution in [0.15, 0.2) is 75.8 Å². The second-order valence-corrected chi connectivity index (χ2v) is 9.55. The minimum absolute atomic E-state index is 0.00619. The summed E-state index contributed by atoms with van der Waals surface area (Å²) in [5.41, 5.74) is -0.454. The Morgan fingerprint density at radius 3 is 2.35 bits per heavy atom. The Balaban J connectivity index is 1.77. The number of sulfone groups is 1. The van der Waals surface area contributed by atoms with Crippen molar-refractivity contribution in [1.29, 1.82) is 0 Å². The predicted molar refractivity (Wildman–Crippen MR) is 122 cm³/mol. The highest BCUT2D eigenvalue weighted by Gasteiger charge is 2.29. The van der Waals surface area contributed by atoms with Crippen LogP contribution < -0.4 is 10.9 Å². The van der Waals surface area contributed by atoms with E-state index >= 15 is 0 Å². The van der Waals surface area contributed by atoms with Crippen molar-refractivity contribution in [2.45, 2.75) is 11.4 Å². The molecule has 0 aliphatic carbocycles. The van der Waals surface area contributed by atoms with Crippen LogP contribution in [-0.4, -0.2) is 23.2 Å². The van der Waals surface area contributed by atoms with Gasteiger partial charge in [0.15, 0.2) is 0 Å². The van der Waals surface area contributed by atoms with E-state index < -0.39 is 32.8 Å². The molecule has 0 saturated heterocycles. The Hall–Kier alpha value is -4.18. The number of rotatable bonds is 3. The Morgan fingerprint density at radius 1 is 0.912 bits per heavy atom. The molecule has 1 aliphatic rings. The quantitative estimate of drug-likeness (QED) is 0.382. The minimum atomic E-state index is -4.09.